The highest BCUT2D eigenvalue weighted by Crippen LogP contribution is 2.41. The molecule has 1 aromatic heterocycles. The molecule has 1 aliphatic rings. The summed E-state index contributed by atoms with van der Waals surface area (Å²) >= 11 is 0. The number of Topliss-reactive ketones (excluding diaryl/α,β-unsaturated/α-hetero) is 1. The van der Waals surface area contributed by atoms with Crippen molar-refractivity contribution in [2.45, 2.75) is 44.9 Å². The lowest BCUT2D eigenvalue weighted by atomic mass is 9.98. The number of carbonyl (C=O) groups excluding carboxylic acids is 1. The summed E-state index contributed by atoms with van der Waals surface area (Å²) in [7, 11) is -4.12. The monoisotopic (exact) mass is 335 g/mol. The summed E-state index contributed by atoms with van der Waals surface area (Å²) in [5.74, 6) is 0.189. The number of fused-ring (bicyclic) bond motifs is 1. The van der Waals surface area contributed by atoms with Crippen molar-refractivity contribution in [3.05, 3.63) is 40.3 Å². The van der Waals surface area contributed by atoms with Crippen LogP contribution in [0.15, 0.2) is 21.6 Å². The van der Waals surface area contributed by atoms with E-state index < -0.39 is 10.1 Å². The van der Waals surface area contributed by atoms with Gasteiger partial charge in [0.1, 0.15) is 5.69 Å². The van der Waals surface area contributed by atoms with Crippen molar-refractivity contribution in [3.8, 4) is 5.75 Å². The first-order chi connectivity index (χ1) is 10.7. The second-order valence-electron chi connectivity index (χ2n) is 5.89. The van der Waals surface area contributed by atoms with Gasteiger partial charge in [-0.2, -0.15) is 8.42 Å². The Hall–Kier alpha value is -2.15. The maximum absolute atomic E-state index is 12.5. The van der Waals surface area contributed by atoms with Crippen molar-refractivity contribution >= 4 is 15.9 Å². The van der Waals surface area contributed by atoms with Gasteiger partial charge in [0.2, 0.25) is 0 Å². The maximum atomic E-state index is 12.5. The van der Waals surface area contributed by atoms with Crippen LogP contribution < -0.4 is 4.18 Å². The highest BCUT2D eigenvalue weighted by Gasteiger charge is 2.34. The van der Waals surface area contributed by atoms with Gasteiger partial charge in [0, 0.05) is 6.42 Å². The van der Waals surface area contributed by atoms with Gasteiger partial charge in [0.15, 0.2) is 22.2 Å². The Morgan fingerprint density at radius 2 is 1.96 bits per heavy atom. The third-order valence-corrected chi connectivity index (χ3v) is 5.59. The fraction of sp³-hybridized carbons (Fsp3) is 0.375. The third-order valence-electron chi connectivity index (χ3n) is 4.11. The smallest absolute Gasteiger partial charge is 0.344 e. The van der Waals surface area contributed by atoms with E-state index in [1.54, 1.807) is 6.07 Å². The minimum Gasteiger partial charge on any atom is -0.378 e. The predicted octanol–water partition coefficient (Wildman–Crippen LogP) is 3.06. The van der Waals surface area contributed by atoms with E-state index in [1.807, 2.05) is 13.8 Å². The van der Waals surface area contributed by atoms with Crippen molar-refractivity contribution < 1.29 is 21.9 Å². The number of benzene rings is 1. The fourth-order valence-corrected chi connectivity index (χ4v) is 4.42. The number of aryl methyl sites for hydroxylation is 3. The first kappa shape index (κ1) is 15.7. The SMILES string of the molecule is Cc1ccc(OS(=O)(=O)c2c(C)noc2C)c2c1C(C)CC2=O. The maximum Gasteiger partial charge on any atom is 0.344 e. The molecule has 0 saturated carbocycles. The van der Waals surface area contributed by atoms with Crippen LogP contribution in [0.2, 0.25) is 0 Å². The van der Waals surface area contributed by atoms with Gasteiger partial charge in [0.25, 0.3) is 0 Å². The molecule has 0 aliphatic heterocycles. The van der Waals surface area contributed by atoms with Crippen LogP contribution in [0.1, 0.15) is 52.2 Å². The zero-order chi connectivity index (χ0) is 16.9. The number of rotatable bonds is 3. The summed E-state index contributed by atoms with van der Waals surface area (Å²) < 4.78 is 35.3. The van der Waals surface area contributed by atoms with Crippen molar-refractivity contribution in [3.63, 3.8) is 0 Å². The molecule has 6 nitrogen and oxygen atoms in total. The van der Waals surface area contributed by atoms with Gasteiger partial charge in [-0.25, -0.2) is 0 Å². The molecule has 0 fully saturated rings. The molecule has 1 aliphatic carbocycles. The molecule has 0 radical (unpaired) electrons. The van der Waals surface area contributed by atoms with Gasteiger partial charge in [-0.15, -0.1) is 0 Å². The number of hydrogen-bond acceptors (Lipinski definition) is 6. The van der Waals surface area contributed by atoms with Crippen LogP contribution in [0.5, 0.6) is 5.75 Å². The molecule has 0 N–H and O–H groups in total. The Labute approximate surface area is 134 Å². The summed E-state index contributed by atoms with van der Waals surface area (Å²) in [6, 6.07) is 3.30. The lowest BCUT2D eigenvalue weighted by Gasteiger charge is -2.13. The van der Waals surface area contributed by atoms with E-state index in [-0.39, 0.29) is 33.8 Å². The summed E-state index contributed by atoms with van der Waals surface area (Å²) in [4.78, 5) is 12.2. The Kier molecular flexibility index (Phi) is 3.55. The highest BCUT2D eigenvalue weighted by molar-refractivity contribution is 7.87. The van der Waals surface area contributed by atoms with Crippen LogP contribution in [-0.2, 0) is 10.1 Å². The zero-order valence-corrected chi connectivity index (χ0v) is 14.2. The second-order valence-corrected chi connectivity index (χ2v) is 7.37. The summed E-state index contributed by atoms with van der Waals surface area (Å²) in [6.07, 6.45) is 0.363. The van der Waals surface area contributed by atoms with Crippen LogP contribution in [0.25, 0.3) is 0 Å². The van der Waals surface area contributed by atoms with Crippen LogP contribution >= 0.6 is 0 Å². The number of aromatic nitrogens is 1. The van der Waals surface area contributed by atoms with E-state index in [9.17, 15) is 13.2 Å². The average Bonchev–Trinajstić information content (AvgIpc) is 2.94. The molecular formula is C16H17NO5S. The molecule has 1 heterocycles. The van der Waals surface area contributed by atoms with Crippen molar-refractivity contribution in [2.75, 3.05) is 0 Å². The van der Waals surface area contributed by atoms with E-state index in [2.05, 4.69) is 5.16 Å². The molecule has 0 saturated heterocycles. The molecular weight excluding hydrogens is 318 g/mol. The number of hydrogen-bond donors (Lipinski definition) is 0. The molecule has 0 amide bonds. The van der Waals surface area contributed by atoms with Crippen molar-refractivity contribution in [2.24, 2.45) is 0 Å². The van der Waals surface area contributed by atoms with E-state index in [4.69, 9.17) is 8.71 Å². The second kappa shape index (κ2) is 5.19. The van der Waals surface area contributed by atoms with E-state index in [0.29, 0.717) is 12.0 Å². The van der Waals surface area contributed by atoms with E-state index in [1.165, 1.54) is 19.9 Å². The van der Waals surface area contributed by atoms with Crippen LogP contribution in [0.3, 0.4) is 0 Å². The standard InChI is InChI=1S/C16H17NO5S/c1-8-5-6-13(15-12(18)7-9(2)14(8)15)22-23(19,20)16-10(3)17-21-11(16)4/h5-6,9H,7H2,1-4H3. The minimum atomic E-state index is -4.12. The third kappa shape index (κ3) is 2.45. The van der Waals surface area contributed by atoms with E-state index >= 15 is 0 Å². The fourth-order valence-electron chi connectivity index (χ4n) is 3.17. The van der Waals surface area contributed by atoms with Gasteiger partial charge < -0.3 is 8.71 Å². The first-order valence-corrected chi connectivity index (χ1v) is 8.67. The number of ketones is 1. The average molecular weight is 335 g/mol. The lowest BCUT2D eigenvalue weighted by molar-refractivity contribution is 0.0989. The molecule has 1 unspecified atom stereocenters. The normalized spacial score (nSPS) is 17.4. The van der Waals surface area contributed by atoms with Gasteiger partial charge in [-0.3, -0.25) is 4.79 Å². The Balaban J connectivity index is 2.11. The Morgan fingerprint density at radius 1 is 1.26 bits per heavy atom. The molecule has 122 valence electrons. The molecule has 0 bridgehead atoms. The molecule has 7 heteroatoms. The largest absolute Gasteiger partial charge is 0.378 e. The molecule has 1 aromatic carbocycles. The quantitative estimate of drug-likeness (QED) is 0.801. The van der Waals surface area contributed by atoms with Gasteiger partial charge >= 0.3 is 10.1 Å². The van der Waals surface area contributed by atoms with E-state index in [0.717, 1.165) is 11.1 Å². The van der Waals surface area contributed by atoms with Crippen molar-refractivity contribution in [1.82, 2.24) is 5.16 Å². The molecule has 2 aromatic rings. The summed E-state index contributed by atoms with van der Waals surface area (Å²) in [5.41, 5.74) is 2.42. The van der Waals surface area contributed by atoms with Gasteiger partial charge in [-0.05, 0) is 43.9 Å². The van der Waals surface area contributed by atoms with Gasteiger partial charge in [-0.1, -0.05) is 18.1 Å². The summed E-state index contributed by atoms with van der Waals surface area (Å²) in [6.45, 7) is 6.88. The van der Waals surface area contributed by atoms with Crippen LogP contribution in [0, 0.1) is 20.8 Å². The molecule has 3 rings (SSSR count). The molecule has 0 spiro atoms. The summed E-state index contributed by atoms with van der Waals surface area (Å²) in [5, 5.41) is 3.64. The van der Waals surface area contributed by atoms with Crippen LogP contribution in [-0.4, -0.2) is 19.4 Å². The Morgan fingerprint density at radius 3 is 2.57 bits per heavy atom. The molecule has 1 atom stereocenters. The number of nitrogens with zero attached hydrogens (tertiary/aromatic N) is 1. The highest BCUT2D eigenvalue weighted by atomic mass is 32.2. The topological polar surface area (TPSA) is 86.5 Å². The number of carbonyl (C=O) groups is 1. The minimum absolute atomic E-state index is 0.0582. The van der Waals surface area contributed by atoms with Crippen LogP contribution in [0.4, 0.5) is 0 Å². The zero-order valence-electron chi connectivity index (χ0n) is 13.3. The molecule has 23 heavy (non-hydrogen) atoms. The lowest BCUT2D eigenvalue weighted by Crippen LogP contribution is -2.13. The first-order valence-electron chi connectivity index (χ1n) is 7.26. The Bertz CT molecular complexity index is 891. The van der Waals surface area contributed by atoms with Gasteiger partial charge in [0.05, 0.1) is 5.56 Å². The predicted molar refractivity (Wildman–Crippen MR) is 82.3 cm³/mol. The van der Waals surface area contributed by atoms with Crippen molar-refractivity contribution in [1.29, 1.82) is 0 Å².